The molecule has 2 aliphatic rings. The van der Waals surface area contributed by atoms with Crippen molar-refractivity contribution < 1.29 is 18.6 Å². The summed E-state index contributed by atoms with van der Waals surface area (Å²) >= 11 is 0. The van der Waals surface area contributed by atoms with Crippen molar-refractivity contribution in [3.05, 3.63) is 89.4 Å². The third kappa shape index (κ3) is 3.26. The fourth-order valence-corrected chi connectivity index (χ4v) is 2.71. The summed E-state index contributed by atoms with van der Waals surface area (Å²) in [6.45, 7) is 3.85. The third-order valence-electron chi connectivity index (χ3n) is 3.23. The lowest BCUT2D eigenvalue weighted by Gasteiger charge is -2.29. The fraction of sp³-hybridized carbons (Fsp3) is 0. The van der Waals surface area contributed by atoms with Crippen LogP contribution in [0.15, 0.2) is 70.9 Å². The molecule has 0 radical (unpaired) electrons. The van der Waals surface area contributed by atoms with Gasteiger partial charge in [-0.3, -0.25) is 4.57 Å². The van der Waals surface area contributed by atoms with Crippen molar-refractivity contribution in [1.29, 1.82) is 0 Å². The fourth-order valence-electron chi connectivity index (χ4n) is 2.13. The molecule has 0 saturated carbocycles. The second-order valence-electron chi connectivity index (χ2n) is 4.84. The number of pyridine rings is 1. The Balaban J connectivity index is 2.22. The van der Waals surface area contributed by atoms with Crippen LogP contribution < -0.4 is 9.59 Å². The lowest BCUT2D eigenvalue weighted by atomic mass is 10.1. The molecule has 2 N–H and O–H groups in total. The second kappa shape index (κ2) is 5.88. The summed E-state index contributed by atoms with van der Waals surface area (Å²) in [5.41, 5.74) is 1.29. The molecule has 3 heterocycles. The molecule has 114 valence electrons. The summed E-state index contributed by atoms with van der Waals surface area (Å²) in [7, 11) is -4.43. The van der Waals surface area contributed by atoms with Gasteiger partial charge in [0.25, 0.3) is 0 Å². The average molecular weight is 326 g/mol. The molecule has 0 aliphatic carbocycles. The van der Waals surface area contributed by atoms with E-state index in [9.17, 15) is 14.4 Å². The monoisotopic (exact) mass is 326 g/mol. The van der Waals surface area contributed by atoms with E-state index in [-0.39, 0.29) is 5.31 Å². The van der Waals surface area contributed by atoms with Gasteiger partial charge in [0.2, 0.25) is 0 Å². The van der Waals surface area contributed by atoms with Crippen LogP contribution in [0.25, 0.3) is 11.0 Å². The summed E-state index contributed by atoms with van der Waals surface area (Å²) in [4.78, 5) is 23.2. The van der Waals surface area contributed by atoms with Crippen molar-refractivity contribution in [3.63, 3.8) is 0 Å². The molecule has 0 spiro atoms. The lowest BCUT2D eigenvalue weighted by molar-refractivity contribution is -0.514. The molecule has 3 rings (SSSR count). The Bertz CT molecular complexity index is 965. The van der Waals surface area contributed by atoms with Crippen LogP contribution in [0.3, 0.4) is 0 Å². The zero-order valence-corrected chi connectivity index (χ0v) is 12.9. The Labute approximate surface area is 132 Å². The number of rotatable bonds is 2. The smallest absolute Gasteiger partial charge is 0.356 e. The van der Waals surface area contributed by atoms with Gasteiger partial charge in [-0.05, 0) is 6.07 Å². The minimum atomic E-state index is -4.43. The summed E-state index contributed by atoms with van der Waals surface area (Å²) < 4.78 is 13.3. The van der Waals surface area contributed by atoms with Crippen LogP contribution in [0.5, 0.6) is 0 Å². The van der Waals surface area contributed by atoms with Crippen LogP contribution in [0.4, 0.5) is 0 Å². The van der Waals surface area contributed by atoms with Gasteiger partial charge >= 0.3 is 7.60 Å². The molecule has 0 unspecified atom stereocenters. The molecular formula is C16H13N3O3P+. The van der Waals surface area contributed by atoms with Crippen molar-refractivity contribution in [1.82, 2.24) is 0 Å². The number of hydrogen-bond donors (Lipinski definition) is 2. The predicted molar refractivity (Wildman–Crippen MR) is 86.4 cm³/mol. The van der Waals surface area contributed by atoms with Crippen molar-refractivity contribution in [2.45, 2.75) is 0 Å². The number of allylic oxidation sites excluding steroid dienone is 5. The van der Waals surface area contributed by atoms with Crippen LogP contribution in [-0.4, -0.2) is 15.5 Å². The van der Waals surface area contributed by atoms with Gasteiger partial charge in [0, 0.05) is 12.1 Å². The zero-order chi connectivity index (χ0) is 16.4. The molecule has 0 aromatic carbocycles. The first kappa shape index (κ1) is 15.3. The van der Waals surface area contributed by atoms with E-state index in [0.717, 1.165) is 0 Å². The minimum Gasteiger partial charge on any atom is -0.649 e. The maximum atomic E-state index is 11.7. The highest BCUT2D eigenvalue weighted by Gasteiger charge is 2.22. The highest BCUT2D eigenvalue weighted by atomic mass is 31.2. The third-order valence-corrected chi connectivity index (χ3v) is 4.16. The molecule has 0 amide bonds. The quantitative estimate of drug-likeness (QED) is 0.489. The van der Waals surface area contributed by atoms with Gasteiger partial charge in [0.1, 0.15) is 24.6 Å². The maximum Gasteiger partial charge on any atom is 0.356 e. The van der Waals surface area contributed by atoms with Crippen LogP contribution >= 0.6 is 7.60 Å². The zero-order valence-electron chi connectivity index (χ0n) is 12.0. The summed E-state index contributed by atoms with van der Waals surface area (Å²) in [5, 5.41) is 4.98. The van der Waals surface area contributed by atoms with E-state index in [0.29, 0.717) is 22.5 Å². The normalized spacial score (nSPS) is 19.3. The average Bonchev–Trinajstić information content (AvgIpc) is 2.55. The number of aromatic nitrogens is 1. The SMILES string of the molecule is C=[n+]1ccccc1=C1C=C(P(=O)(O)O)C=C(C2=NC=[C+]C=C2)[N-]1. The lowest BCUT2D eigenvalue weighted by Crippen LogP contribution is -2.36. The first-order valence-electron chi connectivity index (χ1n) is 6.68. The van der Waals surface area contributed by atoms with Crippen LogP contribution in [-0.2, 0) is 4.57 Å². The highest BCUT2D eigenvalue weighted by Crippen LogP contribution is 2.49. The number of aliphatic imine (C=N–C) groups is 1. The molecule has 2 aliphatic heterocycles. The largest absolute Gasteiger partial charge is 0.649 e. The van der Waals surface area contributed by atoms with Gasteiger partial charge in [0.15, 0.2) is 23.8 Å². The maximum absolute atomic E-state index is 11.7. The molecule has 0 saturated heterocycles. The standard InChI is InChI=1S/C16H12N3O3P/c1-19-9-5-3-7-16(19)15-11-12(23(20,21)22)10-14(18-15)13-6-2-4-8-17-13/h2-3,5-11H,1H2,(H-,20,21,22)/p+1. The molecule has 0 atom stereocenters. The van der Waals surface area contributed by atoms with Crippen molar-refractivity contribution in [2.24, 2.45) is 4.99 Å². The number of hydrogen-bond acceptors (Lipinski definition) is 2. The van der Waals surface area contributed by atoms with E-state index in [4.69, 9.17) is 0 Å². The van der Waals surface area contributed by atoms with Crippen molar-refractivity contribution >= 4 is 19.0 Å². The molecular weight excluding hydrogens is 313 g/mol. The van der Waals surface area contributed by atoms with E-state index in [2.05, 4.69) is 23.1 Å². The molecule has 0 bridgehead atoms. The van der Waals surface area contributed by atoms with Gasteiger partial charge < -0.3 is 15.1 Å². The Kier molecular flexibility index (Phi) is 3.90. The summed E-state index contributed by atoms with van der Waals surface area (Å²) in [5.74, 6) is 0. The first-order chi connectivity index (χ1) is 10.9. The Morgan fingerprint density at radius 3 is 2.78 bits per heavy atom. The molecule has 1 aromatic rings. The van der Waals surface area contributed by atoms with E-state index >= 15 is 0 Å². The number of nitrogens with zero attached hydrogens (tertiary/aromatic N) is 3. The molecule has 7 heteroatoms. The van der Waals surface area contributed by atoms with Crippen LogP contribution in [0.2, 0.25) is 0 Å². The Morgan fingerprint density at radius 1 is 1.30 bits per heavy atom. The summed E-state index contributed by atoms with van der Waals surface area (Å²) in [6, 6.07) is 5.38. The van der Waals surface area contributed by atoms with Gasteiger partial charge in [0.05, 0.1) is 5.31 Å². The molecule has 23 heavy (non-hydrogen) atoms. The summed E-state index contributed by atoms with van der Waals surface area (Å²) in [6.07, 6.45) is 12.1. The van der Waals surface area contributed by atoms with Gasteiger partial charge in [-0.25, -0.2) is 4.99 Å². The van der Waals surface area contributed by atoms with Gasteiger partial charge in [-0.2, -0.15) is 4.24 Å². The van der Waals surface area contributed by atoms with E-state index in [1.54, 1.807) is 40.8 Å². The topological polar surface area (TPSA) is 89.9 Å². The van der Waals surface area contributed by atoms with E-state index < -0.39 is 7.60 Å². The van der Waals surface area contributed by atoms with Crippen LogP contribution in [0, 0.1) is 12.8 Å². The Hall–Kier alpha value is -2.62. The molecule has 0 fully saturated rings. The van der Waals surface area contributed by atoms with Crippen molar-refractivity contribution in [2.75, 3.05) is 0 Å². The van der Waals surface area contributed by atoms with Gasteiger partial charge in [-0.1, -0.05) is 23.5 Å². The first-order valence-corrected chi connectivity index (χ1v) is 8.29. The Morgan fingerprint density at radius 2 is 2.13 bits per heavy atom. The van der Waals surface area contributed by atoms with Crippen LogP contribution in [0.1, 0.15) is 0 Å². The molecule has 1 aromatic heterocycles. The van der Waals surface area contributed by atoms with E-state index in [1.165, 1.54) is 18.4 Å². The highest BCUT2D eigenvalue weighted by molar-refractivity contribution is 7.56. The van der Waals surface area contributed by atoms with Gasteiger partial charge in [-0.15, -0.1) is 0 Å². The minimum absolute atomic E-state index is 0.115. The van der Waals surface area contributed by atoms with Crippen molar-refractivity contribution in [3.8, 4) is 0 Å². The second-order valence-corrected chi connectivity index (χ2v) is 6.44. The van der Waals surface area contributed by atoms with E-state index in [1.807, 2.05) is 0 Å². The molecule has 6 nitrogen and oxygen atoms in total. The predicted octanol–water partition coefficient (Wildman–Crippen LogP) is 1.38.